The van der Waals surface area contributed by atoms with Crippen LogP contribution < -0.4 is 16.8 Å². The summed E-state index contributed by atoms with van der Waals surface area (Å²) in [4.78, 5) is 48.0. The molecule has 13 nitrogen and oxygen atoms in total. The number of carbonyl (C=O) groups is 4. The highest BCUT2D eigenvalue weighted by atomic mass is 16.4. The number of hydrogen-bond acceptors (Lipinski definition) is 10. The Bertz CT molecular complexity index is 837. The molecule has 0 unspecified atom stereocenters. The lowest BCUT2D eigenvalue weighted by atomic mass is 9.81. The first-order chi connectivity index (χ1) is 15.4. The van der Waals surface area contributed by atoms with Crippen LogP contribution in [-0.4, -0.2) is 90.8 Å². The van der Waals surface area contributed by atoms with E-state index in [4.69, 9.17) is 21.7 Å². The van der Waals surface area contributed by atoms with Gasteiger partial charge in [-0.15, -0.1) is 0 Å². The average molecular weight is 471 g/mol. The van der Waals surface area contributed by atoms with Gasteiger partial charge in [-0.05, 0) is 12.0 Å². The summed E-state index contributed by atoms with van der Waals surface area (Å²) in [5.74, 6) is -5.77. The minimum absolute atomic E-state index is 0.292. The summed E-state index contributed by atoms with van der Waals surface area (Å²) in [5.41, 5.74) is 7.93. The van der Waals surface area contributed by atoms with Gasteiger partial charge < -0.3 is 47.4 Å². The molecule has 0 aliphatic carbocycles. The molecule has 0 spiro atoms. The first-order valence-corrected chi connectivity index (χ1v) is 9.90. The maximum atomic E-state index is 13.0. The van der Waals surface area contributed by atoms with Gasteiger partial charge in [0.2, 0.25) is 5.60 Å². The van der Waals surface area contributed by atoms with Crippen LogP contribution in [0.2, 0.25) is 0 Å². The van der Waals surface area contributed by atoms with Crippen molar-refractivity contribution in [1.29, 1.82) is 0 Å². The van der Waals surface area contributed by atoms with E-state index in [1.807, 2.05) is 0 Å². The zero-order valence-corrected chi connectivity index (χ0v) is 17.6. The molecule has 1 aromatic rings. The van der Waals surface area contributed by atoms with Gasteiger partial charge in [-0.2, -0.15) is 0 Å². The number of nitrogens with one attached hydrogen (secondary N) is 1. The predicted molar refractivity (Wildman–Crippen MR) is 111 cm³/mol. The molecular formula is C20H29N3O10. The Morgan fingerprint density at radius 1 is 1.00 bits per heavy atom. The maximum Gasteiger partial charge on any atom is 0.305 e. The number of carboxylic acids is 2. The van der Waals surface area contributed by atoms with Crippen LogP contribution in [0.15, 0.2) is 30.3 Å². The summed E-state index contributed by atoms with van der Waals surface area (Å²) in [5, 5.41) is 61.0. The fourth-order valence-electron chi connectivity index (χ4n) is 3.05. The highest BCUT2D eigenvalue weighted by molar-refractivity contribution is 6.12. The number of ketones is 1. The van der Waals surface area contributed by atoms with E-state index >= 15 is 0 Å². The molecular weight excluding hydrogens is 442 g/mol. The Labute approximate surface area is 188 Å². The molecule has 0 bridgehead atoms. The van der Waals surface area contributed by atoms with Crippen molar-refractivity contribution in [3.8, 4) is 0 Å². The van der Waals surface area contributed by atoms with E-state index in [0.29, 0.717) is 5.56 Å². The minimum Gasteiger partial charge on any atom is -0.481 e. The molecule has 1 rings (SSSR count). The fourth-order valence-corrected chi connectivity index (χ4v) is 3.05. The van der Waals surface area contributed by atoms with Crippen molar-refractivity contribution in [2.45, 2.75) is 55.2 Å². The second-order valence-electron chi connectivity index (χ2n) is 7.49. The number of carboxylic acid groups (broad SMARTS) is 2. The van der Waals surface area contributed by atoms with Gasteiger partial charge >= 0.3 is 11.9 Å². The number of carbonyl (C=O) groups excluding carboxylic acids is 2. The Morgan fingerprint density at radius 3 is 2.06 bits per heavy atom. The Morgan fingerprint density at radius 2 is 1.58 bits per heavy atom. The van der Waals surface area contributed by atoms with Crippen LogP contribution >= 0.6 is 0 Å². The van der Waals surface area contributed by atoms with Crippen LogP contribution in [0.25, 0.3) is 0 Å². The van der Waals surface area contributed by atoms with Crippen LogP contribution in [0.5, 0.6) is 0 Å². The summed E-state index contributed by atoms with van der Waals surface area (Å²) >= 11 is 0. The van der Waals surface area contributed by atoms with Crippen molar-refractivity contribution in [3.05, 3.63) is 35.9 Å². The number of benzene rings is 1. The molecule has 0 aromatic heterocycles. The SMILES string of the molecule is N[C@@H](CCC(=O)O)C(=O)[C@@](O)(C(=O)N[C@@H](CC(=O)O)c1ccccc1)[C@H](O)[C@H](O)[C@@H](N)CO. The molecule has 11 N–H and O–H groups in total. The molecule has 1 amide bonds. The number of rotatable bonds is 14. The van der Waals surface area contributed by atoms with Crippen molar-refractivity contribution in [1.82, 2.24) is 5.32 Å². The van der Waals surface area contributed by atoms with Gasteiger partial charge in [0.25, 0.3) is 5.91 Å². The standard InChI is InChI=1S/C20H29N3O10/c21-11(6-7-14(25)26)17(30)20(33,18(31)16(29)12(22)9-24)19(32)23-13(8-15(27)28)10-4-2-1-3-5-10/h1-5,11-13,16,18,24,29,31,33H,6-9,21-22H2,(H,23,32)(H,25,26)(H,27,28)/t11-,12-,13-,16+,18+,20-/m0/s1. The van der Waals surface area contributed by atoms with Crippen LogP contribution in [0, 0.1) is 0 Å². The maximum absolute atomic E-state index is 13.0. The van der Waals surface area contributed by atoms with Crippen LogP contribution in [0.1, 0.15) is 30.9 Å². The van der Waals surface area contributed by atoms with Crippen molar-refractivity contribution in [2.75, 3.05) is 6.61 Å². The largest absolute Gasteiger partial charge is 0.481 e. The lowest BCUT2D eigenvalue weighted by Gasteiger charge is -2.36. The summed E-state index contributed by atoms with van der Waals surface area (Å²) in [7, 11) is 0. The van der Waals surface area contributed by atoms with Crippen LogP contribution in [0.3, 0.4) is 0 Å². The highest BCUT2D eigenvalue weighted by Gasteiger charge is 2.55. The van der Waals surface area contributed by atoms with Crippen molar-refractivity contribution < 1.29 is 49.8 Å². The van der Waals surface area contributed by atoms with E-state index in [1.165, 1.54) is 12.1 Å². The van der Waals surface area contributed by atoms with E-state index < -0.39 is 85.4 Å². The second-order valence-corrected chi connectivity index (χ2v) is 7.49. The lowest BCUT2D eigenvalue weighted by molar-refractivity contribution is -0.177. The molecule has 0 radical (unpaired) electrons. The van der Waals surface area contributed by atoms with Gasteiger partial charge in [-0.3, -0.25) is 19.2 Å². The zero-order chi connectivity index (χ0) is 25.3. The molecule has 0 aliphatic heterocycles. The molecule has 0 fully saturated rings. The summed E-state index contributed by atoms with van der Waals surface area (Å²) in [6.45, 7) is -0.888. The number of nitrogens with two attached hydrogens (primary N) is 2. The number of aliphatic carboxylic acids is 2. The monoisotopic (exact) mass is 471 g/mol. The van der Waals surface area contributed by atoms with E-state index in [-0.39, 0.29) is 0 Å². The van der Waals surface area contributed by atoms with Gasteiger partial charge in [0.05, 0.1) is 31.2 Å². The Hall–Kier alpha value is -2.94. The normalized spacial score (nSPS) is 17.6. The summed E-state index contributed by atoms with van der Waals surface area (Å²) in [6, 6.07) is 3.08. The number of amides is 1. The third-order valence-electron chi connectivity index (χ3n) is 5.01. The molecule has 0 aliphatic rings. The van der Waals surface area contributed by atoms with Crippen molar-refractivity contribution >= 4 is 23.6 Å². The van der Waals surface area contributed by atoms with E-state index in [0.717, 1.165) is 0 Å². The van der Waals surface area contributed by atoms with Gasteiger partial charge in [0, 0.05) is 6.42 Å². The van der Waals surface area contributed by atoms with Gasteiger partial charge in [0.1, 0.15) is 12.2 Å². The molecule has 1 aromatic carbocycles. The first-order valence-electron chi connectivity index (χ1n) is 9.90. The predicted octanol–water partition coefficient (Wildman–Crippen LogP) is -3.15. The Kier molecular flexibility index (Phi) is 10.5. The molecule has 6 atom stereocenters. The lowest BCUT2D eigenvalue weighted by Crippen LogP contribution is -2.69. The van der Waals surface area contributed by atoms with E-state index in [9.17, 15) is 39.6 Å². The number of aliphatic hydroxyl groups excluding tert-OH is 3. The molecule has 0 heterocycles. The van der Waals surface area contributed by atoms with Gasteiger partial charge in [-0.1, -0.05) is 30.3 Å². The number of aliphatic hydroxyl groups is 4. The van der Waals surface area contributed by atoms with Gasteiger partial charge in [-0.25, -0.2) is 0 Å². The second kappa shape index (κ2) is 12.3. The summed E-state index contributed by atoms with van der Waals surface area (Å²) in [6.07, 6.45) is -6.57. The Balaban J connectivity index is 3.37. The zero-order valence-electron chi connectivity index (χ0n) is 17.6. The molecule has 33 heavy (non-hydrogen) atoms. The van der Waals surface area contributed by atoms with Crippen molar-refractivity contribution in [3.63, 3.8) is 0 Å². The third kappa shape index (κ3) is 7.28. The average Bonchev–Trinajstić information content (AvgIpc) is 2.79. The van der Waals surface area contributed by atoms with Crippen LogP contribution in [-0.2, 0) is 19.2 Å². The molecule has 0 saturated carbocycles. The minimum atomic E-state index is -3.45. The molecule has 0 saturated heterocycles. The molecule has 184 valence electrons. The number of Topliss-reactive ketones (excluding diaryl/α,β-unsaturated/α-hetero) is 1. The highest BCUT2D eigenvalue weighted by Crippen LogP contribution is 2.24. The first kappa shape index (κ1) is 28.1. The fraction of sp³-hybridized carbons (Fsp3) is 0.500. The van der Waals surface area contributed by atoms with Crippen molar-refractivity contribution in [2.24, 2.45) is 11.5 Å². The quantitative estimate of drug-likeness (QED) is 0.122. The topological polar surface area (TPSA) is 254 Å². The number of hydrogen-bond donors (Lipinski definition) is 9. The molecule has 13 heteroatoms. The summed E-state index contributed by atoms with van der Waals surface area (Å²) < 4.78 is 0. The van der Waals surface area contributed by atoms with Gasteiger partial charge in [0.15, 0.2) is 5.78 Å². The third-order valence-corrected chi connectivity index (χ3v) is 5.01. The van der Waals surface area contributed by atoms with Crippen LogP contribution in [0.4, 0.5) is 0 Å². The van der Waals surface area contributed by atoms with E-state index in [2.05, 4.69) is 5.32 Å². The smallest absolute Gasteiger partial charge is 0.305 e. The van der Waals surface area contributed by atoms with E-state index in [1.54, 1.807) is 18.2 Å².